The minimum atomic E-state index is -2.98. The van der Waals surface area contributed by atoms with Crippen molar-refractivity contribution in [3.05, 3.63) is 35.6 Å². The average Bonchev–Trinajstić information content (AvgIpc) is 2.90. The van der Waals surface area contributed by atoms with Gasteiger partial charge in [0, 0.05) is 44.3 Å². The topological polar surface area (TPSA) is 69.7 Å². The average molecular weight is 369 g/mol. The normalized spacial score (nSPS) is 24.3. The molecular weight excluding hydrogens is 345 g/mol. The van der Waals surface area contributed by atoms with Crippen LogP contribution in [0.15, 0.2) is 24.3 Å². The van der Waals surface area contributed by atoms with Gasteiger partial charge >= 0.3 is 0 Å². The molecule has 1 atom stereocenters. The summed E-state index contributed by atoms with van der Waals surface area (Å²) in [5.74, 6) is -0.0950. The Labute approximate surface area is 147 Å². The number of carbonyl (C=O) groups is 1. The fourth-order valence-electron chi connectivity index (χ4n) is 3.36. The molecule has 0 spiro atoms. The van der Waals surface area contributed by atoms with E-state index in [2.05, 4.69) is 15.1 Å². The highest BCUT2D eigenvalue weighted by Gasteiger charge is 2.29. The van der Waals surface area contributed by atoms with Crippen LogP contribution in [0.25, 0.3) is 0 Å². The Morgan fingerprint density at radius 3 is 2.48 bits per heavy atom. The summed E-state index contributed by atoms with van der Waals surface area (Å²) >= 11 is 0. The molecule has 2 heterocycles. The second-order valence-corrected chi connectivity index (χ2v) is 9.04. The van der Waals surface area contributed by atoms with Crippen LogP contribution in [0.1, 0.15) is 12.0 Å². The van der Waals surface area contributed by atoms with Crippen LogP contribution in [0.2, 0.25) is 0 Å². The molecule has 0 saturated carbocycles. The molecule has 1 N–H and O–H groups in total. The van der Waals surface area contributed by atoms with E-state index in [1.54, 1.807) is 12.1 Å². The highest BCUT2D eigenvalue weighted by molar-refractivity contribution is 7.91. The van der Waals surface area contributed by atoms with Crippen LogP contribution in [0.5, 0.6) is 0 Å². The summed E-state index contributed by atoms with van der Waals surface area (Å²) in [6, 6.07) is 6.54. The second kappa shape index (κ2) is 7.80. The first-order valence-corrected chi connectivity index (χ1v) is 10.4. The first-order valence-electron chi connectivity index (χ1n) is 8.59. The van der Waals surface area contributed by atoms with E-state index < -0.39 is 9.84 Å². The van der Waals surface area contributed by atoms with Crippen molar-refractivity contribution in [3.63, 3.8) is 0 Å². The van der Waals surface area contributed by atoms with E-state index in [-0.39, 0.29) is 35.8 Å². The number of hydrogen-bond donors (Lipinski definition) is 1. The summed E-state index contributed by atoms with van der Waals surface area (Å²) in [5.41, 5.74) is 0.691. The highest BCUT2D eigenvalue weighted by atomic mass is 32.2. The summed E-state index contributed by atoms with van der Waals surface area (Å²) in [6.07, 6.45) is 0.504. The fraction of sp³-hybridized carbons (Fsp3) is 0.588. The summed E-state index contributed by atoms with van der Waals surface area (Å²) in [4.78, 5) is 16.3. The largest absolute Gasteiger partial charge is 0.351 e. The number of piperazine rings is 1. The lowest BCUT2D eigenvalue weighted by Gasteiger charge is -2.34. The molecule has 138 valence electrons. The van der Waals surface area contributed by atoms with Crippen molar-refractivity contribution >= 4 is 15.7 Å². The first-order chi connectivity index (χ1) is 11.9. The number of halogens is 1. The summed E-state index contributed by atoms with van der Waals surface area (Å²) < 4.78 is 36.6. The number of amides is 1. The van der Waals surface area contributed by atoms with Gasteiger partial charge in [0.15, 0.2) is 9.84 Å². The van der Waals surface area contributed by atoms with Gasteiger partial charge in [-0.05, 0) is 12.5 Å². The van der Waals surface area contributed by atoms with E-state index in [4.69, 9.17) is 0 Å². The Morgan fingerprint density at radius 1 is 1.16 bits per heavy atom. The number of rotatable bonds is 5. The molecule has 0 unspecified atom stereocenters. The monoisotopic (exact) mass is 369 g/mol. The molecule has 2 aliphatic heterocycles. The quantitative estimate of drug-likeness (QED) is 0.806. The maximum atomic E-state index is 13.7. The van der Waals surface area contributed by atoms with Gasteiger partial charge in [-0.3, -0.25) is 14.6 Å². The Bertz CT molecular complexity index is 718. The third-order valence-corrected chi connectivity index (χ3v) is 6.55. The molecule has 0 bridgehead atoms. The van der Waals surface area contributed by atoms with Gasteiger partial charge in [0.05, 0.1) is 18.1 Å². The standard InChI is InChI=1S/C17H24FN3O3S/c18-16-4-2-1-3-14(16)11-20-6-8-21(9-7-20)12-17(22)19-15-5-10-25(23,24)13-15/h1-4,15H,5-13H2,(H,19,22)/t15-/m0/s1. The zero-order valence-electron chi connectivity index (χ0n) is 14.2. The maximum absolute atomic E-state index is 13.7. The zero-order valence-corrected chi connectivity index (χ0v) is 15.0. The Balaban J connectivity index is 1.40. The van der Waals surface area contributed by atoms with Crippen molar-refractivity contribution < 1.29 is 17.6 Å². The van der Waals surface area contributed by atoms with Gasteiger partial charge < -0.3 is 5.32 Å². The lowest BCUT2D eigenvalue weighted by atomic mass is 10.2. The lowest BCUT2D eigenvalue weighted by Crippen LogP contribution is -2.50. The molecule has 1 aromatic carbocycles. The van der Waals surface area contributed by atoms with Crippen LogP contribution >= 0.6 is 0 Å². The van der Waals surface area contributed by atoms with E-state index in [1.165, 1.54) is 6.07 Å². The van der Waals surface area contributed by atoms with E-state index in [1.807, 2.05) is 6.07 Å². The third-order valence-electron chi connectivity index (χ3n) is 4.78. The van der Waals surface area contributed by atoms with Gasteiger partial charge in [0.1, 0.15) is 5.82 Å². The van der Waals surface area contributed by atoms with E-state index in [0.717, 1.165) is 26.2 Å². The van der Waals surface area contributed by atoms with E-state index in [9.17, 15) is 17.6 Å². The van der Waals surface area contributed by atoms with Crippen molar-refractivity contribution in [3.8, 4) is 0 Å². The van der Waals surface area contributed by atoms with Gasteiger partial charge in [-0.15, -0.1) is 0 Å². The van der Waals surface area contributed by atoms with Crippen LogP contribution in [0, 0.1) is 5.82 Å². The second-order valence-electron chi connectivity index (χ2n) is 6.81. The van der Waals surface area contributed by atoms with Gasteiger partial charge in [-0.1, -0.05) is 18.2 Å². The Morgan fingerprint density at radius 2 is 1.84 bits per heavy atom. The van der Waals surface area contributed by atoms with Crippen molar-refractivity contribution in [2.75, 3.05) is 44.2 Å². The molecule has 25 heavy (non-hydrogen) atoms. The van der Waals surface area contributed by atoms with Crippen molar-refractivity contribution in [1.82, 2.24) is 15.1 Å². The van der Waals surface area contributed by atoms with Gasteiger partial charge in [-0.25, -0.2) is 12.8 Å². The summed E-state index contributed by atoms with van der Waals surface area (Å²) in [7, 11) is -2.98. The molecule has 2 fully saturated rings. The molecule has 2 aliphatic rings. The van der Waals surface area contributed by atoms with Gasteiger partial charge in [0.25, 0.3) is 0 Å². The smallest absolute Gasteiger partial charge is 0.234 e. The van der Waals surface area contributed by atoms with Crippen molar-refractivity contribution in [2.45, 2.75) is 19.0 Å². The molecule has 0 radical (unpaired) electrons. The molecule has 0 aliphatic carbocycles. The lowest BCUT2D eigenvalue weighted by molar-refractivity contribution is -0.123. The molecule has 2 saturated heterocycles. The molecule has 8 heteroatoms. The minimum Gasteiger partial charge on any atom is -0.351 e. The summed E-state index contributed by atoms with van der Waals surface area (Å²) in [5, 5.41) is 2.82. The van der Waals surface area contributed by atoms with Gasteiger partial charge in [-0.2, -0.15) is 0 Å². The number of hydrogen-bond acceptors (Lipinski definition) is 5. The van der Waals surface area contributed by atoms with Crippen molar-refractivity contribution in [1.29, 1.82) is 0 Å². The van der Waals surface area contributed by atoms with Crippen LogP contribution in [0.4, 0.5) is 4.39 Å². The Hall–Kier alpha value is -1.51. The number of carbonyl (C=O) groups excluding carboxylic acids is 1. The SMILES string of the molecule is O=C(CN1CCN(Cc2ccccc2F)CC1)N[C@H]1CCS(=O)(=O)C1. The van der Waals surface area contributed by atoms with E-state index in [0.29, 0.717) is 18.5 Å². The molecule has 0 aromatic heterocycles. The maximum Gasteiger partial charge on any atom is 0.234 e. The first kappa shape index (κ1) is 18.3. The highest BCUT2D eigenvalue weighted by Crippen LogP contribution is 2.13. The van der Waals surface area contributed by atoms with Crippen LogP contribution in [0.3, 0.4) is 0 Å². The predicted molar refractivity (Wildman–Crippen MR) is 93.3 cm³/mol. The van der Waals surface area contributed by atoms with Crippen LogP contribution in [-0.4, -0.2) is 74.4 Å². The minimum absolute atomic E-state index is 0.0508. The Kier molecular flexibility index (Phi) is 5.71. The number of nitrogens with one attached hydrogen (secondary N) is 1. The number of benzene rings is 1. The molecule has 6 nitrogen and oxygen atoms in total. The fourth-order valence-corrected chi connectivity index (χ4v) is 5.03. The molecule has 1 amide bonds. The van der Waals surface area contributed by atoms with E-state index >= 15 is 0 Å². The number of nitrogens with zero attached hydrogens (tertiary/aromatic N) is 2. The van der Waals surface area contributed by atoms with Crippen LogP contribution < -0.4 is 5.32 Å². The third kappa shape index (κ3) is 5.23. The molecular formula is C17H24FN3O3S. The predicted octanol–water partition coefficient (Wildman–Crippen LogP) is 0.247. The molecule has 3 rings (SSSR count). The van der Waals surface area contributed by atoms with Crippen molar-refractivity contribution in [2.24, 2.45) is 0 Å². The zero-order chi connectivity index (χ0) is 17.9. The number of sulfone groups is 1. The summed E-state index contributed by atoms with van der Waals surface area (Å²) in [6.45, 7) is 3.89. The molecule has 1 aromatic rings. The van der Waals surface area contributed by atoms with Gasteiger partial charge in [0.2, 0.25) is 5.91 Å². The van der Waals surface area contributed by atoms with Crippen LogP contribution in [-0.2, 0) is 21.2 Å².